The van der Waals surface area contributed by atoms with E-state index in [1.54, 1.807) is 13.8 Å². The molecule has 0 aliphatic heterocycles. The molecule has 0 spiro atoms. The highest BCUT2D eigenvalue weighted by atomic mass is 16.5. The van der Waals surface area contributed by atoms with E-state index in [0.29, 0.717) is 30.4 Å². The summed E-state index contributed by atoms with van der Waals surface area (Å²) in [6.45, 7) is 11.8. The molecule has 0 radical (unpaired) electrons. The molecule has 1 N–H and O–H groups in total. The summed E-state index contributed by atoms with van der Waals surface area (Å²) in [5.41, 5.74) is 5.12. The molecule has 1 atom stereocenters. The van der Waals surface area contributed by atoms with Gasteiger partial charge in [-0.25, -0.2) is 5.43 Å². The summed E-state index contributed by atoms with van der Waals surface area (Å²) in [5.74, 6) is -0.128. The zero-order chi connectivity index (χ0) is 20.4. The number of amides is 1. The highest BCUT2D eigenvalue weighted by Crippen LogP contribution is 2.27. The monoisotopic (exact) mass is 376 g/mol. The zero-order valence-corrected chi connectivity index (χ0v) is 17.3. The SMILES string of the molecule is CCC[C@@H](C(=O)OCC)/C(C)=N\NC(=O)COc1cc(C)ccc1C(C)C. The van der Waals surface area contributed by atoms with Crippen LogP contribution in [0.1, 0.15) is 64.5 Å². The highest BCUT2D eigenvalue weighted by Gasteiger charge is 2.22. The average Bonchev–Trinajstić information content (AvgIpc) is 2.62. The summed E-state index contributed by atoms with van der Waals surface area (Å²) in [4.78, 5) is 24.1. The number of hydrogen-bond donors (Lipinski definition) is 1. The van der Waals surface area contributed by atoms with E-state index in [4.69, 9.17) is 9.47 Å². The van der Waals surface area contributed by atoms with Gasteiger partial charge in [-0.1, -0.05) is 39.3 Å². The largest absolute Gasteiger partial charge is 0.483 e. The van der Waals surface area contributed by atoms with Gasteiger partial charge in [0.15, 0.2) is 6.61 Å². The molecule has 0 aliphatic carbocycles. The summed E-state index contributed by atoms with van der Waals surface area (Å²) < 4.78 is 10.8. The number of hydrazone groups is 1. The van der Waals surface area contributed by atoms with Crippen molar-refractivity contribution in [3.8, 4) is 5.75 Å². The van der Waals surface area contributed by atoms with E-state index < -0.39 is 5.92 Å². The Morgan fingerprint density at radius 2 is 1.93 bits per heavy atom. The number of carbonyl (C=O) groups is 2. The van der Waals surface area contributed by atoms with Gasteiger partial charge in [-0.05, 0) is 50.3 Å². The smallest absolute Gasteiger partial charge is 0.314 e. The van der Waals surface area contributed by atoms with Crippen LogP contribution >= 0.6 is 0 Å². The Hall–Kier alpha value is -2.37. The zero-order valence-electron chi connectivity index (χ0n) is 17.3. The van der Waals surface area contributed by atoms with E-state index in [1.807, 2.05) is 32.0 Å². The van der Waals surface area contributed by atoms with Gasteiger partial charge in [0.05, 0.1) is 12.5 Å². The molecular weight excluding hydrogens is 344 g/mol. The van der Waals surface area contributed by atoms with E-state index in [0.717, 1.165) is 17.5 Å². The van der Waals surface area contributed by atoms with Gasteiger partial charge in [-0.15, -0.1) is 0 Å². The van der Waals surface area contributed by atoms with Crippen molar-refractivity contribution in [2.45, 2.75) is 60.3 Å². The van der Waals surface area contributed by atoms with Crippen LogP contribution in [0.2, 0.25) is 0 Å². The topological polar surface area (TPSA) is 77.0 Å². The summed E-state index contributed by atoms with van der Waals surface area (Å²) in [7, 11) is 0. The normalized spacial score (nSPS) is 12.6. The lowest BCUT2D eigenvalue weighted by Gasteiger charge is -2.15. The van der Waals surface area contributed by atoms with E-state index in [1.165, 1.54) is 0 Å². The van der Waals surface area contributed by atoms with Crippen molar-refractivity contribution < 1.29 is 19.1 Å². The Kier molecular flexibility index (Phi) is 9.54. The molecule has 1 amide bonds. The van der Waals surface area contributed by atoms with Gasteiger partial charge in [-0.2, -0.15) is 5.10 Å². The van der Waals surface area contributed by atoms with Crippen LogP contribution in [0.4, 0.5) is 0 Å². The Morgan fingerprint density at radius 3 is 2.52 bits per heavy atom. The number of carbonyl (C=O) groups excluding carboxylic acids is 2. The third kappa shape index (κ3) is 7.41. The fourth-order valence-electron chi connectivity index (χ4n) is 2.68. The molecule has 0 fully saturated rings. The van der Waals surface area contributed by atoms with Gasteiger partial charge in [0.2, 0.25) is 0 Å². The predicted molar refractivity (Wildman–Crippen MR) is 107 cm³/mol. The van der Waals surface area contributed by atoms with Crippen molar-refractivity contribution in [1.29, 1.82) is 0 Å². The first-order valence-corrected chi connectivity index (χ1v) is 9.53. The van der Waals surface area contributed by atoms with Gasteiger partial charge < -0.3 is 9.47 Å². The first-order valence-electron chi connectivity index (χ1n) is 9.53. The molecule has 0 aromatic heterocycles. The quantitative estimate of drug-likeness (QED) is 0.381. The standard InChI is InChI=1S/C21H32N2O4/c1-7-9-18(21(25)26-8-2)16(6)22-23-20(24)13-27-19-12-15(5)10-11-17(19)14(3)4/h10-12,14,18H,7-9,13H2,1-6H3,(H,23,24)/b22-16-/t18-/m1/s1. The summed E-state index contributed by atoms with van der Waals surface area (Å²) >= 11 is 0. The van der Waals surface area contributed by atoms with Gasteiger partial charge in [-0.3, -0.25) is 9.59 Å². The molecule has 6 heteroatoms. The van der Waals surface area contributed by atoms with E-state index >= 15 is 0 Å². The van der Waals surface area contributed by atoms with Crippen molar-refractivity contribution in [2.75, 3.05) is 13.2 Å². The first-order chi connectivity index (χ1) is 12.8. The fraction of sp³-hybridized carbons (Fsp3) is 0.571. The van der Waals surface area contributed by atoms with Crippen LogP contribution in [0.15, 0.2) is 23.3 Å². The third-order valence-electron chi connectivity index (χ3n) is 4.16. The van der Waals surface area contributed by atoms with E-state index in [9.17, 15) is 9.59 Å². The minimum Gasteiger partial charge on any atom is -0.483 e. The molecule has 0 heterocycles. The lowest BCUT2D eigenvalue weighted by atomic mass is 9.99. The van der Waals surface area contributed by atoms with Crippen molar-refractivity contribution >= 4 is 17.6 Å². The molecule has 1 aromatic carbocycles. The minimum atomic E-state index is -0.444. The summed E-state index contributed by atoms with van der Waals surface area (Å²) in [5, 5.41) is 4.07. The fourth-order valence-corrected chi connectivity index (χ4v) is 2.68. The Balaban J connectivity index is 2.70. The number of nitrogens with zero attached hydrogens (tertiary/aromatic N) is 1. The molecule has 150 valence electrons. The minimum absolute atomic E-state index is 0.141. The second kappa shape index (κ2) is 11.4. The Morgan fingerprint density at radius 1 is 1.22 bits per heavy atom. The van der Waals surface area contributed by atoms with Crippen LogP contribution < -0.4 is 10.2 Å². The Bertz CT molecular complexity index is 668. The van der Waals surface area contributed by atoms with Gasteiger partial charge in [0, 0.05) is 5.71 Å². The highest BCUT2D eigenvalue weighted by molar-refractivity contribution is 6.01. The number of nitrogens with one attached hydrogen (secondary N) is 1. The van der Waals surface area contributed by atoms with Crippen molar-refractivity contribution in [3.05, 3.63) is 29.3 Å². The van der Waals surface area contributed by atoms with Gasteiger partial charge >= 0.3 is 5.97 Å². The van der Waals surface area contributed by atoms with Crippen molar-refractivity contribution in [3.63, 3.8) is 0 Å². The van der Waals surface area contributed by atoms with Crippen LogP contribution in [-0.4, -0.2) is 30.8 Å². The molecule has 6 nitrogen and oxygen atoms in total. The van der Waals surface area contributed by atoms with Crippen molar-refractivity contribution in [2.24, 2.45) is 11.0 Å². The number of hydrogen-bond acceptors (Lipinski definition) is 5. The second-order valence-electron chi connectivity index (χ2n) is 6.87. The molecule has 0 saturated carbocycles. The van der Waals surface area contributed by atoms with Crippen LogP contribution in [-0.2, 0) is 14.3 Å². The lowest BCUT2D eigenvalue weighted by molar-refractivity contribution is -0.145. The van der Waals surface area contributed by atoms with Crippen LogP contribution in [0.3, 0.4) is 0 Å². The number of rotatable bonds is 10. The van der Waals surface area contributed by atoms with Crippen LogP contribution in [0.25, 0.3) is 0 Å². The third-order valence-corrected chi connectivity index (χ3v) is 4.16. The second-order valence-corrected chi connectivity index (χ2v) is 6.87. The molecule has 27 heavy (non-hydrogen) atoms. The van der Waals surface area contributed by atoms with Crippen LogP contribution in [0, 0.1) is 12.8 Å². The van der Waals surface area contributed by atoms with Crippen molar-refractivity contribution in [1.82, 2.24) is 5.43 Å². The molecule has 0 aliphatic rings. The van der Waals surface area contributed by atoms with E-state index in [-0.39, 0.29) is 18.5 Å². The number of aryl methyl sites for hydroxylation is 1. The molecule has 0 unspecified atom stereocenters. The maximum absolute atomic E-state index is 12.1. The number of esters is 1. The van der Waals surface area contributed by atoms with E-state index in [2.05, 4.69) is 24.4 Å². The number of ether oxygens (including phenoxy) is 2. The molecule has 0 saturated heterocycles. The maximum Gasteiger partial charge on any atom is 0.314 e. The Labute approximate surface area is 162 Å². The first kappa shape index (κ1) is 22.7. The summed E-state index contributed by atoms with van der Waals surface area (Å²) in [6, 6.07) is 5.97. The predicted octanol–water partition coefficient (Wildman–Crippen LogP) is 3.97. The molecule has 1 rings (SSSR count). The lowest BCUT2D eigenvalue weighted by Crippen LogP contribution is -2.30. The molecular formula is C21H32N2O4. The van der Waals surface area contributed by atoms with Gasteiger partial charge in [0.1, 0.15) is 5.75 Å². The van der Waals surface area contributed by atoms with Gasteiger partial charge in [0.25, 0.3) is 5.91 Å². The average molecular weight is 376 g/mol. The molecule has 0 bridgehead atoms. The van der Waals surface area contributed by atoms with Crippen LogP contribution in [0.5, 0.6) is 5.75 Å². The summed E-state index contributed by atoms with van der Waals surface area (Å²) in [6.07, 6.45) is 1.44. The maximum atomic E-state index is 12.1. The number of benzene rings is 1. The molecule has 1 aromatic rings.